The van der Waals surface area contributed by atoms with Crippen LogP contribution in [0.25, 0.3) is 11.1 Å². The van der Waals surface area contributed by atoms with Gasteiger partial charge in [-0.1, -0.05) is 45.0 Å². The molecule has 60 heavy (non-hydrogen) atoms. The second-order valence-corrected chi connectivity index (χ2v) is 15.5. The predicted molar refractivity (Wildman–Crippen MR) is 228 cm³/mol. The van der Waals surface area contributed by atoms with E-state index in [1.165, 1.54) is 18.9 Å². The Bertz CT molecular complexity index is 2080. The molecule has 0 aliphatic carbocycles. The summed E-state index contributed by atoms with van der Waals surface area (Å²) in [5, 5.41) is 19.9. The third kappa shape index (κ3) is 11.4. The molecule has 5 amide bonds. The smallest absolute Gasteiger partial charge is 0.252 e. The van der Waals surface area contributed by atoms with Gasteiger partial charge >= 0.3 is 0 Å². The van der Waals surface area contributed by atoms with Crippen LogP contribution in [-0.2, 0) is 31.0 Å². The predicted octanol–water partition coefficient (Wildman–Crippen LogP) is 1.86. The molecule has 0 radical (unpaired) electrons. The lowest BCUT2D eigenvalue weighted by Crippen LogP contribution is -2.56. The molecule has 0 saturated heterocycles. The summed E-state index contributed by atoms with van der Waals surface area (Å²) < 4.78 is 12.2. The van der Waals surface area contributed by atoms with E-state index in [9.17, 15) is 24.0 Å². The van der Waals surface area contributed by atoms with Crippen molar-refractivity contribution in [3.05, 3.63) is 82.4 Å². The van der Waals surface area contributed by atoms with Crippen LogP contribution in [0.3, 0.4) is 0 Å². The first-order valence-corrected chi connectivity index (χ1v) is 20.2. The van der Waals surface area contributed by atoms with Crippen LogP contribution < -0.4 is 47.9 Å². The standard InChI is InChI=1S/C44H59N9O7/c1-7-44(4,5)30-10-11-31(26(2)22-30)40(55)51-34(14-15-45)43(58)53(6)38-29-9-13-37(60-21-18-48)33(25-29)32-23-28(8-12-36(32)59-20-17-47)24-35(41(56)49-19-16-46)52-39(54)27(3)50-42(38)57/h8-13,22-23,25,27,34-35,38H,7,14-15,17-21,24,45,47-48H2,1-6H3,(H,49,56)(H,50,57)(H,51,55)(H,52,54)/t27-,34-,35-,38-/m0/s1. The minimum absolute atomic E-state index is 0.0149. The van der Waals surface area contributed by atoms with Gasteiger partial charge in [0.2, 0.25) is 23.6 Å². The van der Waals surface area contributed by atoms with E-state index in [4.69, 9.17) is 31.9 Å². The summed E-state index contributed by atoms with van der Waals surface area (Å²) in [5.74, 6) is -2.31. The summed E-state index contributed by atoms with van der Waals surface area (Å²) in [6, 6.07) is 12.9. The zero-order valence-corrected chi connectivity index (χ0v) is 35.4. The Balaban J connectivity index is 1.86. The molecule has 16 nitrogen and oxygen atoms in total. The molecule has 4 bridgehead atoms. The molecule has 0 unspecified atom stereocenters. The molecule has 16 heteroatoms. The average Bonchev–Trinajstić information content (AvgIpc) is 3.23. The minimum Gasteiger partial charge on any atom is -0.492 e. The SMILES string of the molecule is CCC(C)(C)c1ccc(C(=O)N[C@@H](CCN)C(=O)N(C)[C@@H]2C(=O)N[C@@H](C)C(=O)N[C@H](C(=O)NCC#N)Cc3ccc(OCCN)c(c3)-c3cc2ccc3OCCN)c(C)c1. The van der Waals surface area contributed by atoms with Gasteiger partial charge in [0.15, 0.2) is 0 Å². The molecule has 4 rings (SSSR count). The quantitative estimate of drug-likeness (QED) is 0.103. The Morgan fingerprint density at radius 2 is 1.58 bits per heavy atom. The molecule has 0 fully saturated rings. The largest absolute Gasteiger partial charge is 0.492 e. The number of nitriles is 1. The molecule has 0 spiro atoms. The van der Waals surface area contributed by atoms with Gasteiger partial charge in [-0.3, -0.25) is 24.0 Å². The van der Waals surface area contributed by atoms with Crippen molar-refractivity contribution in [3.63, 3.8) is 0 Å². The Morgan fingerprint density at radius 3 is 2.18 bits per heavy atom. The summed E-state index contributed by atoms with van der Waals surface area (Å²) in [7, 11) is 1.44. The number of amides is 5. The van der Waals surface area contributed by atoms with Crippen molar-refractivity contribution in [1.29, 1.82) is 5.26 Å². The van der Waals surface area contributed by atoms with Crippen LogP contribution in [0.1, 0.15) is 79.2 Å². The summed E-state index contributed by atoms with van der Waals surface area (Å²) in [5.41, 5.74) is 21.7. The fraction of sp³-hybridized carbons (Fsp3) is 0.455. The minimum atomic E-state index is -1.36. The zero-order chi connectivity index (χ0) is 44.1. The van der Waals surface area contributed by atoms with Crippen molar-refractivity contribution < 1.29 is 33.4 Å². The number of fused-ring (bicyclic) bond motifs is 5. The van der Waals surface area contributed by atoms with E-state index in [0.717, 1.165) is 17.5 Å². The molecular weight excluding hydrogens is 767 g/mol. The van der Waals surface area contributed by atoms with Crippen molar-refractivity contribution in [2.24, 2.45) is 17.2 Å². The topological polar surface area (TPSA) is 257 Å². The van der Waals surface area contributed by atoms with Crippen molar-refractivity contribution in [2.45, 2.75) is 83.5 Å². The van der Waals surface area contributed by atoms with E-state index in [1.807, 2.05) is 25.1 Å². The second-order valence-electron chi connectivity index (χ2n) is 15.5. The Hall–Kier alpha value is -6.02. The molecule has 1 heterocycles. The van der Waals surface area contributed by atoms with Gasteiger partial charge in [0.1, 0.15) is 55.4 Å². The number of hydrogen-bond donors (Lipinski definition) is 7. The van der Waals surface area contributed by atoms with Gasteiger partial charge in [0, 0.05) is 43.2 Å². The highest BCUT2D eigenvalue weighted by atomic mass is 16.5. The molecule has 322 valence electrons. The van der Waals surface area contributed by atoms with E-state index in [2.05, 4.69) is 42.0 Å². The number of nitrogens with zero attached hydrogens (tertiary/aromatic N) is 2. The number of rotatable bonds is 16. The van der Waals surface area contributed by atoms with Crippen LogP contribution in [-0.4, -0.2) is 99.0 Å². The van der Waals surface area contributed by atoms with Gasteiger partial charge in [0.05, 0.1) is 6.07 Å². The number of carbonyl (C=O) groups is 5. The van der Waals surface area contributed by atoms with Gasteiger partial charge < -0.3 is 52.8 Å². The Morgan fingerprint density at radius 1 is 0.933 bits per heavy atom. The average molecular weight is 826 g/mol. The van der Waals surface area contributed by atoms with Crippen LogP contribution in [0.5, 0.6) is 11.5 Å². The number of carbonyl (C=O) groups excluding carboxylic acids is 5. The Kier molecular flexibility index (Phi) is 16.6. The lowest BCUT2D eigenvalue weighted by molar-refractivity contribution is -0.141. The van der Waals surface area contributed by atoms with E-state index in [-0.39, 0.29) is 57.6 Å². The molecule has 3 aromatic carbocycles. The highest BCUT2D eigenvalue weighted by Gasteiger charge is 2.36. The molecule has 0 saturated carbocycles. The summed E-state index contributed by atoms with van der Waals surface area (Å²) >= 11 is 0. The number of hydrogen-bond acceptors (Lipinski definition) is 11. The number of benzene rings is 3. The highest BCUT2D eigenvalue weighted by molar-refractivity contribution is 6.00. The van der Waals surface area contributed by atoms with Crippen LogP contribution in [0, 0.1) is 18.3 Å². The fourth-order valence-corrected chi connectivity index (χ4v) is 6.91. The van der Waals surface area contributed by atoms with Crippen LogP contribution in [0.15, 0.2) is 54.6 Å². The number of nitrogens with two attached hydrogens (primary N) is 3. The lowest BCUT2D eigenvalue weighted by atomic mass is 9.81. The molecule has 1 aliphatic rings. The number of likely N-dealkylation sites (N-methyl/N-ethyl adjacent to an activating group) is 1. The Labute approximate surface area is 351 Å². The number of ether oxygens (including phenoxy) is 2. The molecule has 4 atom stereocenters. The zero-order valence-electron chi connectivity index (χ0n) is 35.4. The number of nitrogens with one attached hydrogen (secondary N) is 4. The van der Waals surface area contributed by atoms with Gasteiger partial charge in [0.25, 0.3) is 5.91 Å². The summed E-state index contributed by atoms with van der Waals surface area (Å²) in [4.78, 5) is 71.0. The van der Waals surface area contributed by atoms with Crippen molar-refractivity contribution in [1.82, 2.24) is 26.2 Å². The molecular formula is C44H59N9O7. The normalized spacial score (nSPS) is 17.2. The molecule has 1 aliphatic heterocycles. The maximum atomic E-state index is 14.6. The summed E-state index contributed by atoms with van der Waals surface area (Å²) in [6.07, 6.45) is 0.973. The maximum Gasteiger partial charge on any atom is 0.252 e. The van der Waals surface area contributed by atoms with Gasteiger partial charge in [-0.2, -0.15) is 5.26 Å². The third-order valence-corrected chi connectivity index (χ3v) is 10.7. The second kappa shape index (κ2) is 21.3. The van der Waals surface area contributed by atoms with Crippen molar-refractivity contribution >= 4 is 29.5 Å². The number of aryl methyl sites for hydroxylation is 1. The van der Waals surface area contributed by atoms with Crippen molar-refractivity contribution in [2.75, 3.05) is 46.4 Å². The van der Waals surface area contributed by atoms with Crippen LogP contribution in [0.2, 0.25) is 0 Å². The van der Waals surface area contributed by atoms with Gasteiger partial charge in [-0.05, 0) is 91.2 Å². The molecule has 0 aromatic heterocycles. The highest BCUT2D eigenvalue weighted by Crippen LogP contribution is 2.40. The molecule has 10 N–H and O–H groups in total. The first-order valence-electron chi connectivity index (χ1n) is 20.2. The monoisotopic (exact) mass is 825 g/mol. The van der Waals surface area contributed by atoms with Crippen LogP contribution in [0.4, 0.5) is 0 Å². The van der Waals surface area contributed by atoms with E-state index < -0.39 is 53.7 Å². The fourth-order valence-electron chi connectivity index (χ4n) is 6.91. The van der Waals surface area contributed by atoms with Crippen molar-refractivity contribution in [3.8, 4) is 28.7 Å². The van der Waals surface area contributed by atoms with Gasteiger partial charge in [-0.15, -0.1) is 0 Å². The van der Waals surface area contributed by atoms with E-state index in [0.29, 0.717) is 39.3 Å². The first kappa shape index (κ1) is 46.7. The lowest BCUT2D eigenvalue weighted by Gasteiger charge is -2.32. The summed E-state index contributed by atoms with van der Waals surface area (Å²) in [6.45, 7) is 10.1. The third-order valence-electron chi connectivity index (χ3n) is 10.7. The van der Waals surface area contributed by atoms with E-state index >= 15 is 0 Å². The van der Waals surface area contributed by atoms with E-state index in [1.54, 1.807) is 42.5 Å². The maximum absolute atomic E-state index is 14.6. The van der Waals surface area contributed by atoms with Gasteiger partial charge in [-0.25, -0.2) is 0 Å². The molecule has 3 aromatic rings. The first-order chi connectivity index (χ1) is 28.6. The van der Waals surface area contributed by atoms with Crippen LogP contribution >= 0.6 is 0 Å².